The monoisotopic (exact) mass is 295 g/mol. The second kappa shape index (κ2) is 6.86. The van der Waals surface area contributed by atoms with Crippen molar-refractivity contribution in [2.75, 3.05) is 18.9 Å². The van der Waals surface area contributed by atoms with Crippen molar-refractivity contribution in [2.45, 2.75) is 30.7 Å². The first-order chi connectivity index (χ1) is 10.0. The Morgan fingerprint density at radius 2 is 1.81 bits per heavy atom. The van der Waals surface area contributed by atoms with Crippen LogP contribution in [0, 0.1) is 0 Å². The Kier molecular flexibility index (Phi) is 5.13. The second-order valence-electron chi connectivity index (χ2n) is 5.27. The van der Waals surface area contributed by atoms with Crippen LogP contribution in [0.2, 0.25) is 0 Å². The summed E-state index contributed by atoms with van der Waals surface area (Å²) in [5.41, 5.74) is 7.06. The number of hydrogen-bond acceptors (Lipinski definition) is 6. The summed E-state index contributed by atoms with van der Waals surface area (Å²) in [5.74, 6) is -0.185. The van der Waals surface area contributed by atoms with Crippen LogP contribution in [0.5, 0.6) is 0 Å². The molecule has 7 nitrogen and oxygen atoms in total. The average Bonchev–Trinajstić information content (AvgIpc) is 2.75. The van der Waals surface area contributed by atoms with E-state index in [0.717, 1.165) is 5.56 Å². The zero-order chi connectivity index (χ0) is 15.4. The Hall–Kier alpha value is -1.67. The maximum atomic E-state index is 11.8. The summed E-state index contributed by atoms with van der Waals surface area (Å²) < 4.78 is 0. The standard InChI is InChI=1S/C14H21N3O4/c15-9-3-1-8(2-4-9)5-12(19)16-6-10-13(20)14(21)11(7-18)17-10/h1-4,10-11,13-14,17-18,20-21H,5-7,15H2,(H,16,19)/t10-,11-,13-,14+/m1/s1. The lowest BCUT2D eigenvalue weighted by atomic mass is 10.1. The van der Waals surface area contributed by atoms with Gasteiger partial charge in [-0.3, -0.25) is 4.79 Å². The van der Waals surface area contributed by atoms with Crippen molar-refractivity contribution >= 4 is 11.6 Å². The highest BCUT2D eigenvalue weighted by Crippen LogP contribution is 2.13. The number of nitrogen functional groups attached to an aromatic ring is 1. The molecule has 7 heteroatoms. The summed E-state index contributed by atoms with van der Waals surface area (Å²) in [6, 6.07) is 5.97. The maximum absolute atomic E-state index is 11.8. The highest BCUT2D eigenvalue weighted by atomic mass is 16.3. The van der Waals surface area contributed by atoms with Crippen LogP contribution in [0.25, 0.3) is 0 Å². The van der Waals surface area contributed by atoms with Gasteiger partial charge in [0.25, 0.3) is 0 Å². The molecule has 2 rings (SSSR count). The number of nitrogens with two attached hydrogens (primary N) is 1. The summed E-state index contributed by atoms with van der Waals surface area (Å²) in [6.07, 6.45) is -1.83. The number of rotatable bonds is 5. The Morgan fingerprint density at radius 1 is 1.19 bits per heavy atom. The second-order valence-corrected chi connectivity index (χ2v) is 5.27. The molecule has 116 valence electrons. The third-order valence-electron chi connectivity index (χ3n) is 3.66. The van der Waals surface area contributed by atoms with Gasteiger partial charge >= 0.3 is 0 Å². The molecule has 7 N–H and O–H groups in total. The van der Waals surface area contributed by atoms with E-state index >= 15 is 0 Å². The van der Waals surface area contributed by atoms with Crippen molar-refractivity contribution in [3.8, 4) is 0 Å². The predicted octanol–water partition coefficient (Wildman–Crippen LogP) is -2.02. The molecule has 1 aromatic carbocycles. The van der Waals surface area contributed by atoms with Gasteiger partial charge < -0.3 is 31.7 Å². The Bertz CT molecular complexity index is 480. The van der Waals surface area contributed by atoms with Gasteiger partial charge in [-0.05, 0) is 17.7 Å². The number of carbonyl (C=O) groups excluding carboxylic acids is 1. The number of hydrogen-bond donors (Lipinski definition) is 6. The number of nitrogens with one attached hydrogen (secondary N) is 2. The van der Waals surface area contributed by atoms with Gasteiger partial charge in [0.05, 0.1) is 37.3 Å². The fraction of sp³-hybridized carbons (Fsp3) is 0.500. The molecule has 1 aromatic rings. The molecule has 1 fully saturated rings. The number of aliphatic hydroxyl groups excluding tert-OH is 3. The zero-order valence-corrected chi connectivity index (χ0v) is 11.6. The van der Waals surface area contributed by atoms with Crippen LogP contribution in [0.4, 0.5) is 5.69 Å². The molecule has 1 heterocycles. The first-order valence-corrected chi connectivity index (χ1v) is 6.85. The molecule has 1 aliphatic heterocycles. The van der Waals surface area contributed by atoms with Gasteiger partial charge in [0.15, 0.2) is 0 Å². The molecule has 1 amide bonds. The van der Waals surface area contributed by atoms with Gasteiger partial charge in [0.2, 0.25) is 5.91 Å². The minimum Gasteiger partial charge on any atom is -0.399 e. The van der Waals surface area contributed by atoms with E-state index in [1.54, 1.807) is 24.3 Å². The quantitative estimate of drug-likeness (QED) is 0.348. The maximum Gasteiger partial charge on any atom is 0.224 e. The first-order valence-electron chi connectivity index (χ1n) is 6.85. The van der Waals surface area contributed by atoms with Gasteiger partial charge in [-0.15, -0.1) is 0 Å². The van der Waals surface area contributed by atoms with Gasteiger partial charge in [-0.2, -0.15) is 0 Å². The summed E-state index contributed by atoms with van der Waals surface area (Å²) in [6.45, 7) is -0.0867. The van der Waals surface area contributed by atoms with E-state index in [1.807, 2.05) is 0 Å². The van der Waals surface area contributed by atoms with Crippen LogP contribution in [0.3, 0.4) is 0 Å². The van der Waals surface area contributed by atoms with Gasteiger partial charge in [-0.25, -0.2) is 0 Å². The largest absolute Gasteiger partial charge is 0.399 e. The fourth-order valence-electron chi connectivity index (χ4n) is 2.40. The molecule has 1 aliphatic rings. The highest BCUT2D eigenvalue weighted by Gasteiger charge is 2.40. The van der Waals surface area contributed by atoms with Crippen LogP contribution in [0.1, 0.15) is 5.56 Å². The Labute approximate surface area is 122 Å². The van der Waals surface area contributed by atoms with Crippen molar-refractivity contribution in [3.63, 3.8) is 0 Å². The molecule has 0 aromatic heterocycles. The minimum atomic E-state index is -1.03. The molecule has 0 aliphatic carbocycles. The van der Waals surface area contributed by atoms with Gasteiger partial charge in [0, 0.05) is 12.2 Å². The lowest BCUT2D eigenvalue weighted by Crippen LogP contribution is -2.44. The summed E-state index contributed by atoms with van der Waals surface area (Å²) >= 11 is 0. The van der Waals surface area contributed by atoms with E-state index in [2.05, 4.69) is 10.6 Å². The van der Waals surface area contributed by atoms with Gasteiger partial charge in [-0.1, -0.05) is 12.1 Å². The van der Waals surface area contributed by atoms with Crippen LogP contribution < -0.4 is 16.4 Å². The number of anilines is 1. The van der Waals surface area contributed by atoms with Crippen molar-refractivity contribution in [3.05, 3.63) is 29.8 Å². The van der Waals surface area contributed by atoms with Crippen molar-refractivity contribution in [1.82, 2.24) is 10.6 Å². The number of carbonyl (C=O) groups is 1. The van der Waals surface area contributed by atoms with Crippen LogP contribution in [-0.2, 0) is 11.2 Å². The molecule has 0 radical (unpaired) electrons. The SMILES string of the molecule is Nc1ccc(CC(=O)NC[C@H]2N[C@H](CO)[C@H](O)[C@@H]2O)cc1. The van der Waals surface area contributed by atoms with E-state index in [9.17, 15) is 15.0 Å². The molecule has 0 unspecified atom stereocenters. The Balaban J connectivity index is 1.80. The highest BCUT2D eigenvalue weighted by molar-refractivity contribution is 5.78. The first kappa shape index (κ1) is 15.7. The lowest BCUT2D eigenvalue weighted by Gasteiger charge is -2.16. The summed E-state index contributed by atoms with van der Waals surface area (Å²) in [5, 5.41) is 34.1. The Morgan fingerprint density at radius 3 is 2.38 bits per heavy atom. The van der Waals surface area contributed by atoms with E-state index in [-0.39, 0.29) is 25.5 Å². The number of amides is 1. The molecule has 1 saturated heterocycles. The third-order valence-corrected chi connectivity index (χ3v) is 3.66. The topological polar surface area (TPSA) is 128 Å². The third kappa shape index (κ3) is 3.92. The van der Waals surface area contributed by atoms with Crippen molar-refractivity contribution in [1.29, 1.82) is 0 Å². The van der Waals surface area contributed by atoms with Crippen LogP contribution >= 0.6 is 0 Å². The molecule has 0 spiro atoms. The molecule has 4 atom stereocenters. The predicted molar refractivity (Wildman–Crippen MR) is 77.4 cm³/mol. The molecule has 21 heavy (non-hydrogen) atoms. The lowest BCUT2D eigenvalue weighted by molar-refractivity contribution is -0.120. The minimum absolute atomic E-state index is 0.183. The molecule has 0 saturated carbocycles. The molecule has 0 bridgehead atoms. The van der Waals surface area contributed by atoms with E-state index < -0.39 is 24.3 Å². The van der Waals surface area contributed by atoms with E-state index in [4.69, 9.17) is 10.8 Å². The molecular formula is C14H21N3O4. The zero-order valence-electron chi connectivity index (χ0n) is 11.6. The smallest absolute Gasteiger partial charge is 0.224 e. The van der Waals surface area contributed by atoms with Crippen LogP contribution in [-0.4, -0.2) is 58.7 Å². The van der Waals surface area contributed by atoms with Crippen molar-refractivity contribution in [2.24, 2.45) is 0 Å². The fourth-order valence-corrected chi connectivity index (χ4v) is 2.40. The van der Waals surface area contributed by atoms with Gasteiger partial charge in [0.1, 0.15) is 0 Å². The summed E-state index contributed by atoms with van der Waals surface area (Å²) in [7, 11) is 0. The van der Waals surface area contributed by atoms with Crippen molar-refractivity contribution < 1.29 is 20.1 Å². The number of benzene rings is 1. The van der Waals surface area contributed by atoms with E-state index in [0.29, 0.717) is 5.69 Å². The normalized spacial score (nSPS) is 28.5. The van der Waals surface area contributed by atoms with Crippen LogP contribution in [0.15, 0.2) is 24.3 Å². The average molecular weight is 295 g/mol. The number of aliphatic hydroxyl groups is 3. The molecular weight excluding hydrogens is 274 g/mol. The van der Waals surface area contributed by atoms with E-state index in [1.165, 1.54) is 0 Å². The summed E-state index contributed by atoms with van der Waals surface area (Å²) in [4.78, 5) is 11.8.